The van der Waals surface area contributed by atoms with Gasteiger partial charge in [0, 0.05) is 74.3 Å². The predicted molar refractivity (Wildman–Crippen MR) is 270 cm³/mol. The predicted octanol–water partition coefficient (Wildman–Crippen LogP) is 6.70. The van der Waals surface area contributed by atoms with Gasteiger partial charge in [-0.1, -0.05) is 32.9 Å². The van der Waals surface area contributed by atoms with Crippen LogP contribution < -0.4 is 36.7 Å². The van der Waals surface area contributed by atoms with Gasteiger partial charge in [0.2, 0.25) is 11.8 Å². The maximum Gasteiger partial charge on any atom is 0.226 e. The minimum atomic E-state index is -1.25. The third-order valence-electron chi connectivity index (χ3n) is 13.6. The molecule has 1 aliphatic heterocycles. The van der Waals surface area contributed by atoms with Crippen molar-refractivity contribution in [1.82, 2.24) is 20.2 Å². The lowest BCUT2D eigenvalue weighted by Gasteiger charge is -2.34. The van der Waals surface area contributed by atoms with Gasteiger partial charge in [-0.2, -0.15) is 5.26 Å². The number of aryl methyl sites for hydroxylation is 2. The molecule has 0 radical (unpaired) electrons. The van der Waals surface area contributed by atoms with Gasteiger partial charge in [0.05, 0.1) is 35.2 Å². The van der Waals surface area contributed by atoms with Crippen molar-refractivity contribution in [2.75, 3.05) is 39.9 Å². The molecule has 2 amide bonds. The molecule has 2 heterocycles. The molecule has 16 nitrogen and oxygen atoms in total. The van der Waals surface area contributed by atoms with E-state index in [0.717, 1.165) is 37.0 Å². The number of rotatable bonds is 19. The van der Waals surface area contributed by atoms with Gasteiger partial charge in [-0.3, -0.25) is 24.0 Å². The number of aromatic nitrogens is 2. The summed E-state index contributed by atoms with van der Waals surface area (Å²) in [6, 6.07) is 17.9. The summed E-state index contributed by atoms with van der Waals surface area (Å²) in [5, 5.41) is 12.1. The summed E-state index contributed by atoms with van der Waals surface area (Å²) in [6.07, 6.45) is 4.02. The van der Waals surface area contributed by atoms with Gasteiger partial charge in [0.1, 0.15) is 36.5 Å². The third-order valence-corrected chi connectivity index (χ3v) is 13.6. The first kappa shape index (κ1) is 53.8. The van der Waals surface area contributed by atoms with E-state index in [0.29, 0.717) is 61.9 Å². The fraction of sp³-hybridized carbons (Fsp3) is 0.491. The molecule has 0 spiro atoms. The number of nitrogens with zero attached hydrogens (tertiary/aromatic N) is 4. The van der Waals surface area contributed by atoms with Gasteiger partial charge >= 0.3 is 0 Å². The van der Waals surface area contributed by atoms with E-state index < -0.39 is 41.5 Å². The van der Waals surface area contributed by atoms with Crippen molar-refractivity contribution >= 4 is 29.2 Å². The summed E-state index contributed by atoms with van der Waals surface area (Å²) in [6.45, 7) is 10.5. The highest BCUT2D eigenvalue weighted by molar-refractivity contribution is 6.01. The van der Waals surface area contributed by atoms with Crippen LogP contribution >= 0.6 is 0 Å². The number of fused-ring (bicyclic) bond motifs is 5. The van der Waals surface area contributed by atoms with Gasteiger partial charge in [-0.05, 0) is 124 Å². The summed E-state index contributed by atoms with van der Waals surface area (Å²) in [4.78, 5) is 82.2. The average Bonchev–Trinajstić information content (AvgIpc) is 3.34. The number of Topliss-reactive ketones (excluding diaryl/α,β-unsaturated/α-hetero) is 3. The second-order valence-corrected chi connectivity index (χ2v) is 19.7. The Hall–Kier alpha value is -6.54. The summed E-state index contributed by atoms with van der Waals surface area (Å²) >= 11 is 0. The zero-order valence-corrected chi connectivity index (χ0v) is 42.1. The zero-order chi connectivity index (χ0) is 51.4. The fourth-order valence-corrected chi connectivity index (χ4v) is 9.58. The second-order valence-electron chi connectivity index (χ2n) is 19.7. The molecule has 6 rings (SSSR count). The molecule has 4 atom stereocenters. The maximum atomic E-state index is 14.9. The van der Waals surface area contributed by atoms with Gasteiger partial charge < -0.3 is 41.6 Å². The standard InChI is InChI=1S/C55H70N8O8/c1-33-28-47(66)51(38-12-16-49(70-27-25-59)43(31-38)42-29-36(9-15-48(42)69-26-24-58)30-44(62-53(33)67)45(64)8-7-22-56)63(6)54(68)39(19-23-57)32-46(65)50-34(2)60-52(61-35(50)3)37-10-13-40(14-11-37)71-41-17-20-55(4,5)21-18-41/h9-16,29,31,33,39,41,44,51H,7-8,17-21,23-28,30,32,57-59H2,1-6H3,(H,62,67)/t33-,39-,44+,51+/m1/s1. The number of amides is 2. The van der Waals surface area contributed by atoms with E-state index in [9.17, 15) is 29.2 Å². The molecule has 71 heavy (non-hydrogen) atoms. The topological polar surface area (TPSA) is 256 Å². The SMILES string of the molecule is Cc1nc(-c2ccc(OC3CCC(C)(C)CC3)cc2)nc(C)c1C(=O)C[C@@H](CCN)C(=O)N(C)[C@@H]1C(=O)C[C@@H](C)C(=O)N[C@H](C(=O)CCC#N)Cc2ccc(OCCN)c(c2)-c2cc1ccc2OCCN. The van der Waals surface area contributed by atoms with Crippen LogP contribution in [0, 0.1) is 42.4 Å². The van der Waals surface area contributed by atoms with Crippen molar-refractivity contribution in [1.29, 1.82) is 5.26 Å². The number of carbonyl (C=O) groups is 5. The van der Waals surface area contributed by atoms with Crippen molar-refractivity contribution in [3.05, 3.63) is 88.7 Å². The molecule has 1 aliphatic carbocycles. The largest absolute Gasteiger partial charge is 0.492 e. The van der Waals surface area contributed by atoms with E-state index in [1.54, 1.807) is 51.1 Å². The number of ketones is 3. The number of hydrogen-bond acceptors (Lipinski definition) is 14. The quantitative estimate of drug-likeness (QED) is 0.0714. The van der Waals surface area contributed by atoms with Crippen LogP contribution in [0.15, 0.2) is 60.7 Å². The maximum absolute atomic E-state index is 14.9. The van der Waals surface area contributed by atoms with Crippen LogP contribution in [-0.2, 0) is 25.6 Å². The van der Waals surface area contributed by atoms with Crippen molar-refractivity contribution in [3.63, 3.8) is 0 Å². The molecule has 2 aliphatic rings. The molecule has 3 aromatic carbocycles. The van der Waals surface area contributed by atoms with Crippen LogP contribution in [0.25, 0.3) is 22.5 Å². The lowest BCUT2D eigenvalue weighted by molar-refractivity contribution is -0.142. The van der Waals surface area contributed by atoms with E-state index in [1.165, 1.54) is 11.9 Å². The van der Waals surface area contributed by atoms with Crippen LogP contribution in [0.5, 0.6) is 17.2 Å². The van der Waals surface area contributed by atoms with E-state index >= 15 is 0 Å². The van der Waals surface area contributed by atoms with Crippen LogP contribution in [-0.4, -0.2) is 96.1 Å². The molecule has 378 valence electrons. The fourth-order valence-electron chi connectivity index (χ4n) is 9.58. The number of benzene rings is 3. The van der Waals surface area contributed by atoms with E-state index in [-0.39, 0.29) is 89.0 Å². The first-order valence-corrected chi connectivity index (χ1v) is 24.7. The smallest absolute Gasteiger partial charge is 0.226 e. The van der Waals surface area contributed by atoms with Gasteiger partial charge in [0.15, 0.2) is 23.2 Å². The molecule has 1 fully saturated rings. The zero-order valence-electron chi connectivity index (χ0n) is 42.1. The average molecular weight is 971 g/mol. The normalized spacial score (nSPS) is 18.6. The minimum absolute atomic E-state index is 0.0339. The minimum Gasteiger partial charge on any atom is -0.492 e. The molecule has 1 saturated carbocycles. The Morgan fingerprint density at radius 1 is 0.873 bits per heavy atom. The van der Waals surface area contributed by atoms with Crippen LogP contribution in [0.2, 0.25) is 0 Å². The number of nitriles is 1. The summed E-state index contributed by atoms with van der Waals surface area (Å²) in [5.41, 5.74) is 22.3. The Morgan fingerprint density at radius 3 is 2.10 bits per heavy atom. The molecule has 7 N–H and O–H groups in total. The Morgan fingerprint density at radius 2 is 1.49 bits per heavy atom. The van der Waals surface area contributed by atoms with Crippen molar-refractivity contribution in [2.45, 2.75) is 117 Å². The van der Waals surface area contributed by atoms with Crippen LogP contribution in [0.3, 0.4) is 0 Å². The second kappa shape index (κ2) is 24.5. The van der Waals surface area contributed by atoms with E-state index in [4.69, 9.17) is 41.4 Å². The molecule has 16 heteroatoms. The van der Waals surface area contributed by atoms with Gasteiger partial charge in [-0.25, -0.2) is 9.97 Å². The first-order valence-electron chi connectivity index (χ1n) is 24.7. The van der Waals surface area contributed by atoms with Crippen LogP contribution in [0.4, 0.5) is 0 Å². The highest BCUT2D eigenvalue weighted by Gasteiger charge is 2.37. The number of ether oxygens (including phenoxy) is 3. The van der Waals surface area contributed by atoms with Gasteiger partial charge in [0.25, 0.3) is 0 Å². The van der Waals surface area contributed by atoms with Crippen molar-refractivity contribution < 1.29 is 38.2 Å². The molecule has 1 aromatic heterocycles. The van der Waals surface area contributed by atoms with Crippen LogP contribution in [0.1, 0.15) is 117 Å². The van der Waals surface area contributed by atoms with E-state index in [2.05, 4.69) is 19.2 Å². The summed E-state index contributed by atoms with van der Waals surface area (Å²) in [7, 11) is 1.51. The lowest BCUT2D eigenvalue weighted by atomic mass is 9.76. The number of hydrogen-bond donors (Lipinski definition) is 4. The molecule has 0 saturated heterocycles. The molecule has 0 unspecified atom stereocenters. The Labute approximate surface area is 417 Å². The Kier molecular flexibility index (Phi) is 18.6. The molecular formula is C55H70N8O8. The Bertz CT molecular complexity index is 2580. The molecular weight excluding hydrogens is 901 g/mol. The molecule has 4 aromatic rings. The number of likely N-dealkylation sites (N-methyl/N-ethyl adjacent to an activating group) is 1. The number of carbonyl (C=O) groups excluding carboxylic acids is 5. The van der Waals surface area contributed by atoms with Crippen molar-refractivity contribution in [2.24, 2.45) is 34.5 Å². The lowest BCUT2D eigenvalue weighted by Crippen LogP contribution is -2.46. The monoisotopic (exact) mass is 971 g/mol. The third kappa shape index (κ3) is 13.7. The van der Waals surface area contributed by atoms with Gasteiger partial charge in [-0.15, -0.1) is 0 Å². The summed E-state index contributed by atoms with van der Waals surface area (Å²) < 4.78 is 18.6. The van der Waals surface area contributed by atoms with Crippen molar-refractivity contribution in [3.8, 4) is 45.8 Å². The Balaban J connectivity index is 1.32. The number of nitrogens with one attached hydrogen (secondary N) is 1. The number of nitrogens with two attached hydrogens (primary N) is 3. The highest BCUT2D eigenvalue weighted by atomic mass is 16.5. The molecule has 4 bridgehead atoms. The van der Waals surface area contributed by atoms with E-state index in [1.807, 2.05) is 36.4 Å². The highest BCUT2D eigenvalue weighted by Crippen LogP contribution is 2.41. The summed E-state index contributed by atoms with van der Waals surface area (Å²) in [5.74, 6) is -1.97. The first-order chi connectivity index (χ1) is 34.0.